The largest absolute Gasteiger partial charge is 0.507 e. The molecule has 0 aliphatic heterocycles. The molecule has 0 aliphatic rings. The van der Waals surface area contributed by atoms with Crippen LogP contribution in [0.3, 0.4) is 0 Å². The van der Waals surface area contributed by atoms with Gasteiger partial charge >= 0.3 is 0 Å². The van der Waals surface area contributed by atoms with Gasteiger partial charge < -0.3 is 19.7 Å². The molecule has 5 nitrogen and oxygen atoms in total. The van der Waals surface area contributed by atoms with Crippen LogP contribution < -0.4 is 9.47 Å². The number of benzene rings is 2. The van der Waals surface area contributed by atoms with Crippen molar-refractivity contribution in [3.63, 3.8) is 0 Å². The minimum Gasteiger partial charge on any atom is -0.507 e. The smallest absolute Gasteiger partial charge is 0.203 e. The Hall–Kier alpha value is -2.95. The Kier molecular flexibility index (Phi) is 4.68. The molecule has 0 radical (unpaired) electrons. The number of rotatable bonds is 5. The van der Waals surface area contributed by atoms with Crippen molar-refractivity contribution in [1.82, 2.24) is 0 Å². The normalized spacial score (nSPS) is 10.6. The van der Waals surface area contributed by atoms with E-state index in [1.807, 2.05) is 0 Å². The van der Waals surface area contributed by atoms with E-state index in [2.05, 4.69) is 0 Å². The molecule has 0 saturated carbocycles. The first-order valence-corrected chi connectivity index (χ1v) is 6.52. The van der Waals surface area contributed by atoms with Crippen molar-refractivity contribution in [2.45, 2.75) is 0 Å². The van der Waals surface area contributed by atoms with Crippen molar-refractivity contribution in [2.24, 2.45) is 0 Å². The number of allylic oxidation sites excluding steroid dienone is 1. The number of hydrogen-bond donors (Lipinski definition) is 2. The fraction of sp³-hybridized carbons (Fsp3) is 0.118. The summed E-state index contributed by atoms with van der Waals surface area (Å²) in [5, 5.41) is 19.4. The summed E-state index contributed by atoms with van der Waals surface area (Å²) < 4.78 is 10.3. The number of methoxy groups -OCH3 is 2. The molecule has 0 saturated heterocycles. The van der Waals surface area contributed by atoms with Crippen LogP contribution in [0.2, 0.25) is 0 Å². The van der Waals surface area contributed by atoms with Crippen LogP contribution in [-0.2, 0) is 0 Å². The van der Waals surface area contributed by atoms with Crippen molar-refractivity contribution < 1.29 is 24.5 Å². The zero-order chi connectivity index (χ0) is 16.1. The van der Waals surface area contributed by atoms with Crippen molar-refractivity contribution >= 4 is 11.9 Å². The molecular formula is C17H16O5. The minimum absolute atomic E-state index is 0.0523. The van der Waals surface area contributed by atoms with E-state index in [9.17, 15) is 15.0 Å². The number of carbonyl (C=O) groups is 1. The number of ether oxygens (including phenoxy) is 2. The lowest BCUT2D eigenvalue weighted by Gasteiger charge is -2.11. The van der Waals surface area contributed by atoms with Gasteiger partial charge in [-0.3, -0.25) is 4.79 Å². The Bertz CT molecular complexity index is 719. The molecule has 2 N–H and O–H groups in total. The lowest BCUT2D eigenvalue weighted by Crippen LogP contribution is -1.96. The molecule has 0 atom stereocenters. The van der Waals surface area contributed by atoms with Gasteiger partial charge in [-0.25, -0.2) is 0 Å². The zero-order valence-electron chi connectivity index (χ0n) is 12.2. The molecule has 0 fully saturated rings. The van der Waals surface area contributed by atoms with Crippen LogP contribution in [-0.4, -0.2) is 30.2 Å². The molecule has 22 heavy (non-hydrogen) atoms. The third-order valence-corrected chi connectivity index (χ3v) is 3.11. The van der Waals surface area contributed by atoms with Gasteiger partial charge in [0, 0.05) is 5.56 Å². The Morgan fingerprint density at radius 1 is 0.955 bits per heavy atom. The predicted molar refractivity (Wildman–Crippen MR) is 82.7 cm³/mol. The third kappa shape index (κ3) is 3.03. The molecule has 2 aromatic carbocycles. The van der Waals surface area contributed by atoms with Crippen LogP contribution in [0.4, 0.5) is 0 Å². The van der Waals surface area contributed by atoms with Gasteiger partial charge in [0.2, 0.25) is 5.75 Å². The highest BCUT2D eigenvalue weighted by Gasteiger charge is 2.13. The molecule has 2 rings (SSSR count). The summed E-state index contributed by atoms with van der Waals surface area (Å²) in [5.41, 5.74) is 0.782. The average Bonchev–Trinajstić information content (AvgIpc) is 2.53. The van der Waals surface area contributed by atoms with E-state index < -0.39 is 0 Å². The minimum atomic E-state index is -0.341. The summed E-state index contributed by atoms with van der Waals surface area (Å²) in [6.45, 7) is 0. The van der Waals surface area contributed by atoms with Gasteiger partial charge in [-0.15, -0.1) is 0 Å². The van der Waals surface area contributed by atoms with Gasteiger partial charge in [-0.05, 0) is 36.4 Å². The highest BCUT2D eigenvalue weighted by Crippen LogP contribution is 2.39. The summed E-state index contributed by atoms with van der Waals surface area (Å²) in [6, 6.07) is 9.35. The SMILES string of the molecule is COc1c(O)ccc(C=CC(=O)c2ccccc2O)c1OC. The zero-order valence-corrected chi connectivity index (χ0v) is 12.2. The van der Waals surface area contributed by atoms with Gasteiger partial charge in [0.25, 0.3) is 0 Å². The fourth-order valence-corrected chi connectivity index (χ4v) is 2.04. The average molecular weight is 300 g/mol. The summed E-state index contributed by atoms with van der Waals surface area (Å²) in [6.07, 6.45) is 2.86. The number of para-hydroxylation sites is 1. The van der Waals surface area contributed by atoms with Gasteiger partial charge in [0.15, 0.2) is 17.3 Å². The molecule has 5 heteroatoms. The molecule has 0 bridgehead atoms. The maximum Gasteiger partial charge on any atom is 0.203 e. The Labute approximate surface area is 128 Å². The van der Waals surface area contributed by atoms with Crippen molar-refractivity contribution in [1.29, 1.82) is 0 Å². The fourth-order valence-electron chi connectivity index (χ4n) is 2.04. The van der Waals surface area contributed by atoms with Gasteiger partial charge in [0.1, 0.15) is 5.75 Å². The summed E-state index contributed by atoms with van der Waals surface area (Å²) in [4.78, 5) is 12.1. The predicted octanol–water partition coefficient (Wildman–Crippen LogP) is 3.01. The van der Waals surface area contributed by atoms with Gasteiger partial charge in [0.05, 0.1) is 19.8 Å². The second-order valence-corrected chi connectivity index (χ2v) is 4.46. The van der Waals surface area contributed by atoms with E-state index in [-0.39, 0.29) is 28.6 Å². The van der Waals surface area contributed by atoms with E-state index >= 15 is 0 Å². The number of carbonyl (C=O) groups excluding carboxylic acids is 1. The topological polar surface area (TPSA) is 76.0 Å². The molecule has 0 aliphatic carbocycles. The van der Waals surface area contributed by atoms with Crippen LogP contribution in [0, 0.1) is 0 Å². The monoisotopic (exact) mass is 300 g/mol. The summed E-state index contributed by atoms with van der Waals surface area (Å²) >= 11 is 0. The summed E-state index contributed by atoms with van der Waals surface area (Å²) in [5.74, 6) is 0.0478. The standard InChI is InChI=1S/C17H16O5/c1-21-16-11(8-10-15(20)17(16)22-2)7-9-14(19)12-5-3-4-6-13(12)18/h3-10,18,20H,1-2H3. The number of phenols is 2. The van der Waals surface area contributed by atoms with Crippen molar-refractivity contribution in [2.75, 3.05) is 14.2 Å². The van der Waals surface area contributed by atoms with E-state index in [4.69, 9.17) is 9.47 Å². The van der Waals surface area contributed by atoms with Crippen LogP contribution in [0.15, 0.2) is 42.5 Å². The number of phenolic OH excluding ortho intramolecular Hbond substituents is 2. The molecular weight excluding hydrogens is 284 g/mol. The number of aromatic hydroxyl groups is 2. The van der Waals surface area contributed by atoms with Crippen molar-refractivity contribution in [3.8, 4) is 23.0 Å². The Morgan fingerprint density at radius 2 is 1.64 bits per heavy atom. The van der Waals surface area contributed by atoms with E-state index in [1.165, 1.54) is 44.6 Å². The van der Waals surface area contributed by atoms with Crippen LogP contribution in [0.1, 0.15) is 15.9 Å². The lowest BCUT2D eigenvalue weighted by molar-refractivity contribution is 0.104. The van der Waals surface area contributed by atoms with Crippen LogP contribution in [0.5, 0.6) is 23.0 Å². The number of hydrogen-bond acceptors (Lipinski definition) is 5. The summed E-state index contributed by atoms with van der Waals surface area (Å²) in [7, 11) is 2.86. The van der Waals surface area contributed by atoms with Crippen LogP contribution in [0.25, 0.3) is 6.08 Å². The highest BCUT2D eigenvalue weighted by molar-refractivity contribution is 6.08. The maximum atomic E-state index is 12.1. The number of ketones is 1. The quantitative estimate of drug-likeness (QED) is 0.655. The second kappa shape index (κ2) is 6.67. The van der Waals surface area contributed by atoms with Gasteiger partial charge in [-0.1, -0.05) is 12.1 Å². The molecule has 0 amide bonds. The molecule has 0 spiro atoms. The molecule has 2 aromatic rings. The first-order chi connectivity index (χ1) is 10.6. The molecule has 0 aromatic heterocycles. The molecule has 0 heterocycles. The van der Waals surface area contributed by atoms with E-state index in [0.29, 0.717) is 11.3 Å². The van der Waals surface area contributed by atoms with E-state index in [1.54, 1.807) is 18.2 Å². The van der Waals surface area contributed by atoms with Crippen LogP contribution >= 0.6 is 0 Å². The Morgan fingerprint density at radius 3 is 2.27 bits per heavy atom. The molecule has 0 unspecified atom stereocenters. The molecule has 114 valence electrons. The van der Waals surface area contributed by atoms with Gasteiger partial charge in [-0.2, -0.15) is 0 Å². The highest BCUT2D eigenvalue weighted by atomic mass is 16.5. The maximum absolute atomic E-state index is 12.1. The van der Waals surface area contributed by atoms with E-state index in [0.717, 1.165) is 0 Å². The Balaban J connectivity index is 2.35. The first-order valence-electron chi connectivity index (χ1n) is 6.52. The lowest BCUT2D eigenvalue weighted by atomic mass is 10.1. The first kappa shape index (κ1) is 15.4. The van der Waals surface area contributed by atoms with Crippen molar-refractivity contribution in [3.05, 3.63) is 53.6 Å². The second-order valence-electron chi connectivity index (χ2n) is 4.46. The third-order valence-electron chi connectivity index (χ3n) is 3.11.